The number of amides is 1. The lowest BCUT2D eigenvalue weighted by Gasteiger charge is -2.34. The number of benzene rings is 1. The lowest BCUT2D eigenvalue weighted by molar-refractivity contribution is -0.132. The highest BCUT2D eigenvalue weighted by Gasteiger charge is 2.21. The van der Waals surface area contributed by atoms with Crippen molar-refractivity contribution in [1.29, 1.82) is 0 Å². The van der Waals surface area contributed by atoms with Gasteiger partial charge in [0.1, 0.15) is 5.01 Å². The average molecular weight is 350 g/mol. The van der Waals surface area contributed by atoms with E-state index in [1.54, 1.807) is 11.3 Å². The minimum Gasteiger partial charge on any atom is -0.340 e. The number of nitrogens with zero attached hydrogens (tertiary/aromatic N) is 3. The predicted molar refractivity (Wildman–Crippen MR) is 93.9 cm³/mol. The zero-order chi connectivity index (χ0) is 16.2. The Balaban J connectivity index is 1.48. The van der Waals surface area contributed by atoms with Crippen LogP contribution in [0.5, 0.6) is 0 Å². The summed E-state index contributed by atoms with van der Waals surface area (Å²) in [4.78, 5) is 21.2. The molecule has 122 valence electrons. The molecule has 3 rings (SSSR count). The zero-order valence-corrected chi connectivity index (χ0v) is 14.7. The number of hydrogen-bond acceptors (Lipinski definition) is 4. The first kappa shape index (κ1) is 16.4. The van der Waals surface area contributed by atoms with Gasteiger partial charge in [0, 0.05) is 42.3 Å². The van der Waals surface area contributed by atoms with E-state index in [1.807, 2.05) is 36.1 Å². The van der Waals surface area contributed by atoms with Crippen LogP contribution in [-0.2, 0) is 17.8 Å². The molecule has 1 amide bonds. The Hall–Kier alpha value is -1.43. The second kappa shape index (κ2) is 7.43. The van der Waals surface area contributed by atoms with Crippen LogP contribution >= 0.6 is 22.9 Å². The molecule has 4 nitrogen and oxygen atoms in total. The summed E-state index contributed by atoms with van der Waals surface area (Å²) >= 11 is 7.58. The van der Waals surface area contributed by atoms with Crippen LogP contribution in [0.15, 0.2) is 29.6 Å². The van der Waals surface area contributed by atoms with Gasteiger partial charge in [0.05, 0.1) is 13.0 Å². The fourth-order valence-corrected chi connectivity index (χ4v) is 3.65. The summed E-state index contributed by atoms with van der Waals surface area (Å²) in [6.07, 6.45) is 0.447. The molecule has 1 aromatic carbocycles. The number of carbonyl (C=O) groups excluding carboxylic acids is 1. The number of halogens is 1. The lowest BCUT2D eigenvalue weighted by atomic mass is 10.1. The SMILES string of the molecule is Cc1csc(CN2CCN(C(=O)Cc3ccc(Cl)cc3)CC2)n1. The van der Waals surface area contributed by atoms with E-state index in [1.165, 1.54) is 0 Å². The molecule has 0 unspecified atom stereocenters. The maximum atomic E-state index is 12.4. The summed E-state index contributed by atoms with van der Waals surface area (Å²) in [5, 5.41) is 3.94. The molecule has 1 aliphatic heterocycles. The summed E-state index contributed by atoms with van der Waals surface area (Å²) in [5.74, 6) is 0.192. The van der Waals surface area contributed by atoms with Gasteiger partial charge >= 0.3 is 0 Å². The van der Waals surface area contributed by atoms with Gasteiger partial charge in [-0.2, -0.15) is 0 Å². The van der Waals surface area contributed by atoms with Crippen molar-refractivity contribution in [3.63, 3.8) is 0 Å². The van der Waals surface area contributed by atoms with Gasteiger partial charge in [-0.05, 0) is 24.6 Å². The molecule has 1 aromatic heterocycles. The Morgan fingerprint density at radius 1 is 1.22 bits per heavy atom. The largest absolute Gasteiger partial charge is 0.340 e. The van der Waals surface area contributed by atoms with Gasteiger partial charge in [0.15, 0.2) is 0 Å². The minimum absolute atomic E-state index is 0.192. The van der Waals surface area contributed by atoms with Gasteiger partial charge in [-0.1, -0.05) is 23.7 Å². The van der Waals surface area contributed by atoms with Crippen LogP contribution in [0.3, 0.4) is 0 Å². The normalized spacial score (nSPS) is 15.8. The molecule has 0 N–H and O–H groups in total. The fraction of sp³-hybridized carbons (Fsp3) is 0.412. The maximum absolute atomic E-state index is 12.4. The summed E-state index contributed by atoms with van der Waals surface area (Å²) in [6, 6.07) is 7.50. The minimum atomic E-state index is 0.192. The van der Waals surface area contributed by atoms with Crippen LogP contribution in [0, 0.1) is 6.92 Å². The quantitative estimate of drug-likeness (QED) is 0.851. The summed E-state index contributed by atoms with van der Waals surface area (Å²) < 4.78 is 0. The van der Waals surface area contributed by atoms with Crippen molar-refractivity contribution >= 4 is 28.8 Å². The van der Waals surface area contributed by atoms with E-state index in [4.69, 9.17) is 11.6 Å². The molecule has 1 saturated heterocycles. The number of carbonyl (C=O) groups is 1. The number of thiazole rings is 1. The summed E-state index contributed by atoms with van der Waals surface area (Å²) in [7, 11) is 0. The van der Waals surface area contributed by atoms with E-state index in [0.29, 0.717) is 11.4 Å². The topological polar surface area (TPSA) is 36.4 Å². The monoisotopic (exact) mass is 349 g/mol. The van der Waals surface area contributed by atoms with Crippen molar-refractivity contribution < 1.29 is 4.79 Å². The Morgan fingerprint density at radius 3 is 2.52 bits per heavy atom. The van der Waals surface area contributed by atoms with Crippen LogP contribution in [0.2, 0.25) is 5.02 Å². The number of aryl methyl sites for hydroxylation is 1. The number of rotatable bonds is 4. The predicted octanol–water partition coefficient (Wildman–Crippen LogP) is 2.99. The molecule has 2 heterocycles. The van der Waals surface area contributed by atoms with E-state index in [2.05, 4.69) is 15.3 Å². The second-order valence-corrected chi connectivity index (χ2v) is 7.22. The van der Waals surface area contributed by atoms with Crippen molar-refractivity contribution in [1.82, 2.24) is 14.8 Å². The summed E-state index contributed by atoms with van der Waals surface area (Å²) in [6.45, 7) is 6.30. The third kappa shape index (κ3) is 4.53. The summed E-state index contributed by atoms with van der Waals surface area (Å²) in [5.41, 5.74) is 2.10. The van der Waals surface area contributed by atoms with Crippen molar-refractivity contribution in [2.45, 2.75) is 19.9 Å². The molecule has 0 aliphatic carbocycles. The first-order chi connectivity index (χ1) is 11.1. The van der Waals surface area contributed by atoms with Crippen LogP contribution in [0.1, 0.15) is 16.3 Å². The lowest BCUT2D eigenvalue weighted by Crippen LogP contribution is -2.48. The third-order valence-corrected chi connectivity index (χ3v) is 5.22. The van der Waals surface area contributed by atoms with Crippen LogP contribution in [-0.4, -0.2) is 46.9 Å². The average Bonchev–Trinajstić information content (AvgIpc) is 2.95. The van der Waals surface area contributed by atoms with Gasteiger partial charge < -0.3 is 4.90 Å². The Labute approximate surface area is 145 Å². The molecule has 1 aliphatic rings. The van der Waals surface area contributed by atoms with E-state index >= 15 is 0 Å². The van der Waals surface area contributed by atoms with Gasteiger partial charge in [-0.15, -0.1) is 11.3 Å². The molecule has 0 bridgehead atoms. The molecule has 0 atom stereocenters. The van der Waals surface area contributed by atoms with Gasteiger partial charge in [0.25, 0.3) is 0 Å². The van der Waals surface area contributed by atoms with Crippen molar-refractivity contribution in [2.24, 2.45) is 0 Å². The number of hydrogen-bond donors (Lipinski definition) is 0. The van der Waals surface area contributed by atoms with Crippen molar-refractivity contribution in [2.75, 3.05) is 26.2 Å². The molecule has 6 heteroatoms. The highest BCUT2D eigenvalue weighted by Crippen LogP contribution is 2.15. The van der Waals surface area contributed by atoms with E-state index in [-0.39, 0.29) is 5.91 Å². The maximum Gasteiger partial charge on any atom is 0.227 e. The molecule has 2 aromatic rings. The smallest absolute Gasteiger partial charge is 0.227 e. The molecule has 0 radical (unpaired) electrons. The number of piperazine rings is 1. The van der Waals surface area contributed by atoms with E-state index < -0.39 is 0 Å². The van der Waals surface area contributed by atoms with Crippen LogP contribution < -0.4 is 0 Å². The second-order valence-electron chi connectivity index (χ2n) is 5.84. The first-order valence-electron chi connectivity index (χ1n) is 7.76. The highest BCUT2D eigenvalue weighted by atomic mass is 35.5. The van der Waals surface area contributed by atoms with Gasteiger partial charge in [-0.25, -0.2) is 4.98 Å². The molecular formula is C17H20ClN3OS. The van der Waals surface area contributed by atoms with Crippen LogP contribution in [0.4, 0.5) is 0 Å². The van der Waals surface area contributed by atoms with Crippen molar-refractivity contribution in [3.05, 3.63) is 50.9 Å². The van der Waals surface area contributed by atoms with E-state index in [9.17, 15) is 4.79 Å². The van der Waals surface area contributed by atoms with E-state index in [0.717, 1.165) is 49.0 Å². The van der Waals surface area contributed by atoms with Gasteiger partial charge in [-0.3, -0.25) is 9.69 Å². The first-order valence-corrected chi connectivity index (χ1v) is 9.01. The standard InChI is InChI=1S/C17H20ClN3OS/c1-13-12-23-16(19-13)11-20-6-8-21(9-7-20)17(22)10-14-2-4-15(18)5-3-14/h2-5,12H,6-11H2,1H3. The molecule has 23 heavy (non-hydrogen) atoms. The van der Waals surface area contributed by atoms with Crippen molar-refractivity contribution in [3.8, 4) is 0 Å². The third-order valence-electron chi connectivity index (χ3n) is 4.02. The Morgan fingerprint density at radius 2 is 1.91 bits per heavy atom. The molecule has 0 saturated carbocycles. The van der Waals surface area contributed by atoms with Crippen LogP contribution in [0.25, 0.3) is 0 Å². The molecular weight excluding hydrogens is 330 g/mol. The number of aromatic nitrogens is 1. The fourth-order valence-electron chi connectivity index (χ4n) is 2.71. The molecule has 0 spiro atoms. The highest BCUT2D eigenvalue weighted by molar-refractivity contribution is 7.09. The Kier molecular flexibility index (Phi) is 5.30. The van der Waals surface area contributed by atoms with Gasteiger partial charge in [0.2, 0.25) is 5.91 Å². The Bertz CT molecular complexity index is 663. The zero-order valence-electron chi connectivity index (χ0n) is 13.2. The molecule has 1 fully saturated rings.